The number of nitrogens with two attached hydrogens (primary N) is 1. The van der Waals surface area contributed by atoms with E-state index < -0.39 is 0 Å². The Kier molecular flexibility index (Phi) is 4.40. The van der Waals surface area contributed by atoms with Crippen LogP contribution in [0.3, 0.4) is 0 Å². The zero-order valence-corrected chi connectivity index (χ0v) is 12.1. The first-order valence-corrected chi connectivity index (χ1v) is 6.79. The van der Waals surface area contributed by atoms with Gasteiger partial charge in [0.15, 0.2) is 0 Å². The van der Waals surface area contributed by atoms with E-state index in [0.29, 0.717) is 0 Å². The summed E-state index contributed by atoms with van der Waals surface area (Å²) < 4.78 is 19.1. The van der Waals surface area contributed by atoms with Gasteiger partial charge in [0.25, 0.3) is 0 Å². The molecule has 0 aromatic heterocycles. The Hall–Kier alpha value is -1.87. The van der Waals surface area contributed by atoms with Crippen LogP contribution in [0.25, 0.3) is 11.1 Å². The Balaban J connectivity index is 2.38. The number of halogens is 1. The van der Waals surface area contributed by atoms with Crippen molar-refractivity contribution in [2.45, 2.75) is 32.9 Å². The lowest BCUT2D eigenvalue weighted by Gasteiger charge is -2.14. The third kappa shape index (κ3) is 3.36. The van der Waals surface area contributed by atoms with Gasteiger partial charge < -0.3 is 10.5 Å². The van der Waals surface area contributed by atoms with Gasteiger partial charge in [-0.25, -0.2) is 4.39 Å². The minimum absolute atomic E-state index is 0.134. The van der Waals surface area contributed by atoms with Crippen molar-refractivity contribution in [3.63, 3.8) is 0 Å². The van der Waals surface area contributed by atoms with E-state index in [0.717, 1.165) is 22.4 Å². The average molecular weight is 273 g/mol. The first-order valence-electron chi connectivity index (χ1n) is 6.79. The molecule has 0 spiro atoms. The first kappa shape index (κ1) is 14.5. The lowest BCUT2D eigenvalue weighted by Crippen LogP contribution is -2.07. The maximum absolute atomic E-state index is 13.5. The highest BCUT2D eigenvalue weighted by atomic mass is 19.1. The fourth-order valence-electron chi connectivity index (χ4n) is 2.16. The predicted molar refractivity (Wildman–Crippen MR) is 80.2 cm³/mol. The highest BCUT2D eigenvalue weighted by Gasteiger charge is 2.10. The van der Waals surface area contributed by atoms with Crippen LogP contribution in [0.15, 0.2) is 42.5 Å². The van der Waals surface area contributed by atoms with Crippen LogP contribution in [0.1, 0.15) is 32.4 Å². The van der Waals surface area contributed by atoms with Crippen LogP contribution >= 0.6 is 0 Å². The molecule has 0 aliphatic rings. The zero-order valence-electron chi connectivity index (χ0n) is 12.1. The maximum atomic E-state index is 13.5. The highest BCUT2D eigenvalue weighted by Crippen LogP contribution is 2.29. The van der Waals surface area contributed by atoms with E-state index in [1.165, 1.54) is 12.1 Å². The van der Waals surface area contributed by atoms with E-state index in [4.69, 9.17) is 10.5 Å². The largest absolute Gasteiger partial charge is 0.491 e. The second kappa shape index (κ2) is 6.06. The molecule has 3 heteroatoms. The number of hydrogen-bond acceptors (Lipinski definition) is 2. The molecule has 2 aromatic rings. The van der Waals surface area contributed by atoms with Gasteiger partial charge >= 0.3 is 0 Å². The summed E-state index contributed by atoms with van der Waals surface area (Å²) in [7, 11) is 0. The number of hydrogen-bond donors (Lipinski definition) is 1. The Morgan fingerprint density at radius 2 is 1.65 bits per heavy atom. The fourth-order valence-corrected chi connectivity index (χ4v) is 2.16. The molecule has 0 saturated carbocycles. The standard InChI is InChI=1S/C17H20FNO/c1-11(2)20-15-7-4-13(5-8-15)17-10-14(18)6-9-16(17)12(3)19/h4-12H,19H2,1-3H3. The summed E-state index contributed by atoms with van der Waals surface area (Å²) >= 11 is 0. The van der Waals surface area contributed by atoms with Crippen LogP contribution in [0.4, 0.5) is 4.39 Å². The van der Waals surface area contributed by atoms with Crippen LogP contribution < -0.4 is 10.5 Å². The molecule has 1 unspecified atom stereocenters. The fraction of sp³-hybridized carbons (Fsp3) is 0.294. The number of ether oxygens (including phenoxy) is 1. The summed E-state index contributed by atoms with van der Waals surface area (Å²) in [5, 5.41) is 0. The van der Waals surface area contributed by atoms with Gasteiger partial charge in [-0.2, -0.15) is 0 Å². The first-order chi connectivity index (χ1) is 9.47. The molecular formula is C17H20FNO. The summed E-state index contributed by atoms with van der Waals surface area (Å²) in [5.74, 6) is 0.550. The van der Waals surface area contributed by atoms with Crippen LogP contribution in [0.2, 0.25) is 0 Å². The molecule has 0 bridgehead atoms. The van der Waals surface area contributed by atoms with Gasteiger partial charge in [0.2, 0.25) is 0 Å². The molecular weight excluding hydrogens is 253 g/mol. The molecule has 2 N–H and O–H groups in total. The monoisotopic (exact) mass is 273 g/mol. The van der Waals surface area contributed by atoms with E-state index in [1.54, 1.807) is 6.07 Å². The van der Waals surface area contributed by atoms with Gasteiger partial charge in [-0.1, -0.05) is 18.2 Å². The second-order valence-corrected chi connectivity index (χ2v) is 5.21. The van der Waals surface area contributed by atoms with E-state index in [2.05, 4.69) is 0 Å². The lowest BCUT2D eigenvalue weighted by molar-refractivity contribution is 0.242. The van der Waals surface area contributed by atoms with Crippen molar-refractivity contribution in [3.05, 3.63) is 53.8 Å². The zero-order chi connectivity index (χ0) is 14.7. The average Bonchev–Trinajstić information content (AvgIpc) is 2.38. The van der Waals surface area contributed by atoms with Gasteiger partial charge in [-0.05, 0) is 61.7 Å². The molecule has 0 saturated heterocycles. The van der Waals surface area contributed by atoms with Gasteiger partial charge in [0, 0.05) is 6.04 Å². The van der Waals surface area contributed by atoms with E-state index >= 15 is 0 Å². The van der Waals surface area contributed by atoms with Crippen molar-refractivity contribution in [2.24, 2.45) is 5.73 Å². The van der Waals surface area contributed by atoms with Crippen molar-refractivity contribution < 1.29 is 9.13 Å². The van der Waals surface area contributed by atoms with Crippen molar-refractivity contribution in [1.29, 1.82) is 0 Å². The Bertz CT molecular complexity index is 576. The molecule has 0 heterocycles. The normalized spacial score (nSPS) is 12.5. The van der Waals surface area contributed by atoms with E-state index in [9.17, 15) is 4.39 Å². The third-order valence-corrected chi connectivity index (χ3v) is 3.04. The van der Waals surface area contributed by atoms with Gasteiger partial charge in [-0.15, -0.1) is 0 Å². The molecule has 2 aromatic carbocycles. The van der Waals surface area contributed by atoms with Crippen molar-refractivity contribution in [2.75, 3.05) is 0 Å². The number of benzene rings is 2. The summed E-state index contributed by atoms with van der Waals surface area (Å²) in [6.07, 6.45) is 0.134. The van der Waals surface area contributed by atoms with Crippen molar-refractivity contribution in [1.82, 2.24) is 0 Å². The van der Waals surface area contributed by atoms with Crippen molar-refractivity contribution >= 4 is 0 Å². The summed E-state index contributed by atoms with van der Waals surface area (Å²) in [6.45, 7) is 5.86. The maximum Gasteiger partial charge on any atom is 0.123 e. The van der Waals surface area contributed by atoms with Crippen LogP contribution in [-0.4, -0.2) is 6.10 Å². The van der Waals surface area contributed by atoms with E-state index in [1.807, 2.05) is 45.0 Å². The molecule has 2 rings (SSSR count). The smallest absolute Gasteiger partial charge is 0.123 e. The van der Waals surface area contributed by atoms with E-state index in [-0.39, 0.29) is 18.0 Å². The highest BCUT2D eigenvalue weighted by molar-refractivity contribution is 5.68. The lowest BCUT2D eigenvalue weighted by atomic mass is 9.96. The van der Waals surface area contributed by atoms with Gasteiger partial charge in [0.05, 0.1) is 6.10 Å². The summed E-state index contributed by atoms with van der Waals surface area (Å²) in [4.78, 5) is 0. The van der Waals surface area contributed by atoms with Gasteiger partial charge in [-0.3, -0.25) is 0 Å². The van der Waals surface area contributed by atoms with Crippen LogP contribution in [0.5, 0.6) is 5.75 Å². The minimum atomic E-state index is -0.257. The molecule has 2 nitrogen and oxygen atoms in total. The molecule has 1 atom stereocenters. The molecule has 0 fully saturated rings. The summed E-state index contributed by atoms with van der Waals surface area (Å²) in [5.41, 5.74) is 8.65. The van der Waals surface area contributed by atoms with Gasteiger partial charge in [0.1, 0.15) is 11.6 Å². The SMILES string of the molecule is CC(C)Oc1ccc(-c2cc(F)ccc2C(C)N)cc1. The summed E-state index contributed by atoms with van der Waals surface area (Å²) in [6, 6.07) is 12.2. The molecule has 0 radical (unpaired) electrons. The molecule has 0 amide bonds. The van der Waals surface area contributed by atoms with Crippen LogP contribution in [0, 0.1) is 5.82 Å². The Labute approximate surface area is 119 Å². The van der Waals surface area contributed by atoms with Crippen LogP contribution in [-0.2, 0) is 0 Å². The minimum Gasteiger partial charge on any atom is -0.491 e. The number of rotatable bonds is 4. The molecule has 20 heavy (non-hydrogen) atoms. The second-order valence-electron chi connectivity index (χ2n) is 5.21. The topological polar surface area (TPSA) is 35.2 Å². The molecule has 0 aliphatic heterocycles. The molecule has 106 valence electrons. The molecule has 0 aliphatic carbocycles. The third-order valence-electron chi connectivity index (χ3n) is 3.04. The van der Waals surface area contributed by atoms with Crippen molar-refractivity contribution in [3.8, 4) is 16.9 Å². The Morgan fingerprint density at radius 1 is 1.00 bits per heavy atom. The Morgan fingerprint density at radius 3 is 2.20 bits per heavy atom. The quantitative estimate of drug-likeness (QED) is 0.901. The predicted octanol–water partition coefficient (Wildman–Crippen LogP) is 4.30.